The van der Waals surface area contributed by atoms with Gasteiger partial charge in [-0.1, -0.05) is 37.3 Å². The lowest BCUT2D eigenvalue weighted by Crippen LogP contribution is -2.38. The van der Waals surface area contributed by atoms with Crippen molar-refractivity contribution in [2.75, 3.05) is 6.54 Å². The zero-order valence-electron chi connectivity index (χ0n) is 16.9. The van der Waals surface area contributed by atoms with Gasteiger partial charge in [0.25, 0.3) is 5.91 Å². The summed E-state index contributed by atoms with van der Waals surface area (Å²) in [6.45, 7) is 10.9. The van der Waals surface area contributed by atoms with E-state index in [0.29, 0.717) is 12.1 Å². The second kappa shape index (κ2) is 9.40. The lowest BCUT2D eigenvalue weighted by molar-refractivity contribution is -0.129. The van der Waals surface area contributed by atoms with E-state index in [1.165, 1.54) is 5.56 Å². The lowest BCUT2D eigenvalue weighted by Gasteiger charge is -2.18. The average molecular weight is 370 g/mol. The van der Waals surface area contributed by atoms with Gasteiger partial charge in [0.2, 0.25) is 0 Å². The minimum Gasteiger partial charge on any atom is -0.449 e. The lowest BCUT2D eigenvalue weighted by atomic mass is 9.96. The van der Waals surface area contributed by atoms with Crippen molar-refractivity contribution in [1.29, 1.82) is 0 Å². The van der Waals surface area contributed by atoms with Crippen molar-refractivity contribution in [3.8, 4) is 0 Å². The van der Waals surface area contributed by atoms with Crippen LogP contribution in [0.3, 0.4) is 0 Å². The maximum atomic E-state index is 12.5. The first-order chi connectivity index (χ1) is 12.9. The smallest absolute Gasteiger partial charge is 0.340 e. The van der Waals surface area contributed by atoms with Crippen molar-refractivity contribution in [3.63, 3.8) is 0 Å². The number of carbonyl (C=O) groups excluding carboxylic acids is 2. The summed E-state index contributed by atoms with van der Waals surface area (Å²) in [5, 5.41) is 2.91. The van der Waals surface area contributed by atoms with Crippen LogP contribution < -0.4 is 5.32 Å². The molecule has 2 aromatic rings. The van der Waals surface area contributed by atoms with Crippen molar-refractivity contribution >= 4 is 11.9 Å². The number of hydrogen-bond acceptors (Lipinski definition) is 3. The van der Waals surface area contributed by atoms with Gasteiger partial charge in [-0.15, -0.1) is 0 Å². The number of carbonyl (C=O) groups is 2. The van der Waals surface area contributed by atoms with Crippen LogP contribution in [-0.2, 0) is 16.1 Å². The number of benzene rings is 1. The summed E-state index contributed by atoms with van der Waals surface area (Å²) < 4.78 is 7.45. The molecule has 5 heteroatoms. The van der Waals surface area contributed by atoms with E-state index in [1.54, 1.807) is 6.92 Å². The van der Waals surface area contributed by atoms with Gasteiger partial charge in [-0.25, -0.2) is 4.79 Å². The third kappa shape index (κ3) is 5.00. The van der Waals surface area contributed by atoms with E-state index in [9.17, 15) is 9.59 Å². The van der Waals surface area contributed by atoms with E-state index in [4.69, 9.17) is 4.74 Å². The Balaban J connectivity index is 1.94. The number of aryl methyl sites for hydroxylation is 1. The summed E-state index contributed by atoms with van der Waals surface area (Å²) in [6.07, 6.45) is 0.0806. The predicted molar refractivity (Wildman–Crippen MR) is 107 cm³/mol. The highest BCUT2D eigenvalue weighted by atomic mass is 16.5. The molecule has 146 valence electrons. The number of nitrogens with zero attached hydrogens (tertiary/aromatic N) is 1. The van der Waals surface area contributed by atoms with Gasteiger partial charge in [-0.2, -0.15) is 0 Å². The van der Waals surface area contributed by atoms with Crippen LogP contribution >= 0.6 is 0 Å². The number of amides is 1. The van der Waals surface area contributed by atoms with Crippen LogP contribution in [0.15, 0.2) is 36.4 Å². The molecule has 1 heterocycles. The van der Waals surface area contributed by atoms with E-state index in [0.717, 1.165) is 24.4 Å². The Morgan fingerprint density at radius 2 is 1.81 bits per heavy atom. The van der Waals surface area contributed by atoms with Gasteiger partial charge >= 0.3 is 5.97 Å². The van der Waals surface area contributed by atoms with E-state index in [1.807, 2.05) is 49.6 Å². The van der Waals surface area contributed by atoms with Crippen LogP contribution in [-0.4, -0.2) is 29.1 Å². The fourth-order valence-corrected chi connectivity index (χ4v) is 3.36. The van der Waals surface area contributed by atoms with Crippen LogP contribution in [0.4, 0.5) is 0 Å². The molecule has 5 nitrogen and oxygen atoms in total. The molecule has 2 rings (SSSR count). The molecule has 0 spiro atoms. The van der Waals surface area contributed by atoms with E-state index in [-0.39, 0.29) is 11.8 Å². The van der Waals surface area contributed by atoms with Crippen molar-refractivity contribution in [3.05, 3.63) is 58.9 Å². The summed E-state index contributed by atoms with van der Waals surface area (Å²) >= 11 is 0. The van der Waals surface area contributed by atoms with Crippen LogP contribution in [0.1, 0.15) is 60.4 Å². The van der Waals surface area contributed by atoms with Gasteiger partial charge in [0, 0.05) is 30.4 Å². The summed E-state index contributed by atoms with van der Waals surface area (Å²) in [6, 6.07) is 11.9. The van der Waals surface area contributed by atoms with E-state index in [2.05, 4.69) is 24.4 Å². The Kier molecular flexibility index (Phi) is 7.22. The molecule has 1 aromatic heterocycles. The zero-order valence-corrected chi connectivity index (χ0v) is 16.9. The third-order valence-corrected chi connectivity index (χ3v) is 5.05. The highest BCUT2D eigenvalue weighted by molar-refractivity contribution is 5.93. The number of rotatable bonds is 8. The van der Waals surface area contributed by atoms with Crippen LogP contribution in [0.25, 0.3) is 0 Å². The van der Waals surface area contributed by atoms with Gasteiger partial charge in [-0.05, 0) is 45.7 Å². The maximum Gasteiger partial charge on any atom is 0.340 e. The number of esters is 1. The van der Waals surface area contributed by atoms with Crippen molar-refractivity contribution in [1.82, 2.24) is 9.88 Å². The van der Waals surface area contributed by atoms with Crippen molar-refractivity contribution in [2.45, 2.75) is 59.6 Å². The molecule has 0 radical (unpaired) electrons. The monoisotopic (exact) mass is 370 g/mol. The maximum absolute atomic E-state index is 12.5. The number of ether oxygens (including phenoxy) is 1. The number of nitrogens with one attached hydrogen (secondary N) is 1. The summed E-state index contributed by atoms with van der Waals surface area (Å²) in [7, 11) is 0. The first-order valence-electron chi connectivity index (χ1n) is 9.59. The Morgan fingerprint density at radius 3 is 2.37 bits per heavy atom. The standard InChI is InChI=1S/C22H30N2O3/c1-6-18(19-11-9-8-10-12-19)14-23-21(25)17(5)27-22(26)20-13-15(3)24(7-2)16(20)4/h8-13,17-18H,6-7,14H2,1-5H3,(H,23,25)/t17-,18-/m1/s1. The number of hydrogen-bond donors (Lipinski definition) is 1. The molecular weight excluding hydrogens is 340 g/mol. The Bertz CT molecular complexity index is 780. The fourth-order valence-electron chi connectivity index (χ4n) is 3.36. The first-order valence-corrected chi connectivity index (χ1v) is 9.59. The normalized spacial score (nSPS) is 13.1. The molecule has 0 unspecified atom stereocenters. The van der Waals surface area contributed by atoms with Gasteiger partial charge in [0.1, 0.15) is 0 Å². The Hall–Kier alpha value is -2.56. The molecule has 2 atom stereocenters. The van der Waals surface area contributed by atoms with E-state index >= 15 is 0 Å². The zero-order chi connectivity index (χ0) is 20.0. The van der Waals surface area contributed by atoms with E-state index < -0.39 is 12.1 Å². The van der Waals surface area contributed by atoms with Gasteiger partial charge in [0.15, 0.2) is 6.10 Å². The van der Waals surface area contributed by atoms with Crippen molar-refractivity contribution in [2.24, 2.45) is 0 Å². The molecule has 0 fully saturated rings. The highest BCUT2D eigenvalue weighted by Gasteiger charge is 2.23. The van der Waals surface area contributed by atoms with Crippen LogP contribution in [0, 0.1) is 13.8 Å². The van der Waals surface area contributed by atoms with Crippen LogP contribution in [0.2, 0.25) is 0 Å². The quantitative estimate of drug-likeness (QED) is 0.715. The van der Waals surface area contributed by atoms with Gasteiger partial charge < -0.3 is 14.6 Å². The van der Waals surface area contributed by atoms with Crippen molar-refractivity contribution < 1.29 is 14.3 Å². The molecule has 1 amide bonds. The molecule has 27 heavy (non-hydrogen) atoms. The minimum absolute atomic E-state index is 0.238. The van der Waals surface area contributed by atoms with Gasteiger partial charge in [-0.3, -0.25) is 4.79 Å². The fraction of sp³-hybridized carbons (Fsp3) is 0.455. The number of aromatic nitrogens is 1. The predicted octanol–water partition coefficient (Wildman–Crippen LogP) is 3.98. The summed E-state index contributed by atoms with van der Waals surface area (Å²) in [5.74, 6) is -0.496. The van der Waals surface area contributed by atoms with Gasteiger partial charge in [0.05, 0.1) is 5.56 Å². The molecule has 0 saturated heterocycles. The summed E-state index contributed by atoms with van der Waals surface area (Å²) in [5.41, 5.74) is 3.58. The highest BCUT2D eigenvalue weighted by Crippen LogP contribution is 2.19. The minimum atomic E-state index is -0.838. The molecular formula is C22H30N2O3. The Morgan fingerprint density at radius 1 is 1.15 bits per heavy atom. The molecule has 0 saturated carbocycles. The molecule has 0 aliphatic heterocycles. The summed E-state index contributed by atoms with van der Waals surface area (Å²) in [4.78, 5) is 24.8. The molecule has 1 N–H and O–H groups in total. The largest absolute Gasteiger partial charge is 0.449 e. The molecule has 0 aliphatic rings. The SMILES string of the molecule is CC[C@H](CNC(=O)[C@@H](C)OC(=O)c1cc(C)n(CC)c1C)c1ccccc1. The van der Waals surface area contributed by atoms with Crippen LogP contribution in [0.5, 0.6) is 0 Å². The molecule has 1 aromatic carbocycles. The second-order valence-corrected chi connectivity index (χ2v) is 6.84. The average Bonchev–Trinajstić information content (AvgIpc) is 2.96. The topological polar surface area (TPSA) is 60.3 Å². The third-order valence-electron chi connectivity index (χ3n) is 5.05. The molecule has 0 aliphatic carbocycles. The first kappa shape index (κ1) is 20.7. The Labute approximate surface area is 161 Å². The molecule has 0 bridgehead atoms. The second-order valence-electron chi connectivity index (χ2n) is 6.84.